The second kappa shape index (κ2) is 4.40. The monoisotopic (exact) mass is 225 g/mol. The molecule has 1 aromatic rings. The normalized spacial score (nSPS) is 10.3. The van der Waals surface area contributed by atoms with Crippen molar-refractivity contribution in [1.29, 1.82) is 0 Å². The van der Waals surface area contributed by atoms with Crippen molar-refractivity contribution in [2.24, 2.45) is 0 Å². The fourth-order valence-electron chi connectivity index (χ4n) is 0.640. The number of hydrogen-bond acceptors (Lipinski definition) is 4. The van der Waals surface area contributed by atoms with Gasteiger partial charge in [0.05, 0.1) is 13.3 Å². The van der Waals surface area contributed by atoms with Crippen molar-refractivity contribution in [3.8, 4) is 5.88 Å². The third-order valence-corrected chi connectivity index (χ3v) is 2.05. The van der Waals surface area contributed by atoms with Gasteiger partial charge in [-0.2, -0.15) is 8.42 Å². The van der Waals surface area contributed by atoms with E-state index in [9.17, 15) is 8.42 Å². The molecular weight excluding hydrogens is 218 g/mol. The van der Waals surface area contributed by atoms with Crippen LogP contribution in [0.2, 0.25) is 0 Å². The van der Waals surface area contributed by atoms with E-state index in [1.807, 2.05) is 0 Å². The average molecular weight is 226 g/mol. The van der Waals surface area contributed by atoms with E-state index in [0.29, 0.717) is 5.88 Å². The Labute approximate surface area is 81.9 Å². The Morgan fingerprint density at radius 3 is 2.38 bits per heavy atom. The minimum Gasteiger partial charge on any atom is -0.481 e. The van der Waals surface area contributed by atoms with E-state index in [1.165, 1.54) is 19.2 Å². The van der Waals surface area contributed by atoms with Crippen LogP contribution in [0.3, 0.4) is 0 Å². The predicted molar refractivity (Wildman–Crippen MR) is 47.9 cm³/mol. The van der Waals surface area contributed by atoms with Crippen molar-refractivity contribution in [1.82, 2.24) is 4.98 Å². The summed E-state index contributed by atoms with van der Waals surface area (Å²) in [6.45, 7) is 0. The summed E-state index contributed by atoms with van der Waals surface area (Å²) < 4.78 is 34.3. The van der Waals surface area contributed by atoms with E-state index in [1.54, 1.807) is 0 Å². The summed E-state index contributed by atoms with van der Waals surface area (Å²) in [5, 5.41) is 0. The van der Waals surface area contributed by atoms with Crippen LogP contribution in [0.5, 0.6) is 5.88 Å². The van der Waals surface area contributed by atoms with Crippen molar-refractivity contribution in [3.63, 3.8) is 0 Å². The molecule has 0 fully saturated rings. The molecule has 1 heterocycles. The van der Waals surface area contributed by atoms with Gasteiger partial charge in [-0.05, 0) is 6.07 Å². The molecule has 0 radical (unpaired) electrons. The van der Waals surface area contributed by atoms with E-state index < -0.39 is 10.1 Å². The maximum Gasteiger partial charge on any atom is 0.296 e. The van der Waals surface area contributed by atoms with Gasteiger partial charge in [-0.3, -0.25) is 4.55 Å². The van der Waals surface area contributed by atoms with Crippen LogP contribution in [-0.2, 0) is 10.1 Å². The number of methoxy groups -OCH3 is 1. The van der Waals surface area contributed by atoms with Crippen molar-refractivity contribution in [2.45, 2.75) is 4.90 Å². The minimum absolute atomic E-state index is 0. The molecule has 0 unspecified atom stereocenters. The van der Waals surface area contributed by atoms with Crippen LogP contribution in [0.15, 0.2) is 23.2 Å². The van der Waals surface area contributed by atoms with Gasteiger partial charge in [-0.15, -0.1) is 12.4 Å². The fraction of sp³-hybridized carbons (Fsp3) is 0.167. The van der Waals surface area contributed by atoms with Crippen LogP contribution >= 0.6 is 12.4 Å². The van der Waals surface area contributed by atoms with E-state index in [0.717, 1.165) is 6.20 Å². The summed E-state index contributed by atoms with van der Waals surface area (Å²) >= 11 is 0. The molecule has 13 heavy (non-hydrogen) atoms. The van der Waals surface area contributed by atoms with Crippen LogP contribution < -0.4 is 4.74 Å². The van der Waals surface area contributed by atoms with Gasteiger partial charge in [0.15, 0.2) is 0 Å². The first-order valence-electron chi connectivity index (χ1n) is 3.01. The van der Waals surface area contributed by atoms with Crippen molar-refractivity contribution < 1.29 is 17.7 Å². The molecule has 0 atom stereocenters. The maximum atomic E-state index is 10.5. The van der Waals surface area contributed by atoms with E-state index >= 15 is 0 Å². The minimum atomic E-state index is -4.15. The maximum absolute atomic E-state index is 10.5. The highest BCUT2D eigenvalue weighted by Crippen LogP contribution is 2.10. The first-order valence-corrected chi connectivity index (χ1v) is 4.45. The summed E-state index contributed by atoms with van der Waals surface area (Å²) in [4.78, 5) is 3.36. The first kappa shape index (κ1) is 12.2. The molecule has 0 aliphatic carbocycles. The van der Waals surface area contributed by atoms with Gasteiger partial charge in [0.1, 0.15) is 4.90 Å². The zero-order valence-corrected chi connectivity index (χ0v) is 8.30. The Kier molecular flexibility index (Phi) is 4.12. The largest absolute Gasteiger partial charge is 0.481 e. The zero-order valence-electron chi connectivity index (χ0n) is 6.67. The molecule has 0 amide bonds. The van der Waals surface area contributed by atoms with Gasteiger partial charge >= 0.3 is 0 Å². The van der Waals surface area contributed by atoms with Gasteiger partial charge in [0.25, 0.3) is 10.1 Å². The molecule has 1 rings (SSSR count). The standard InChI is InChI=1S/C6H7NO4S.ClH/c1-11-6-3-2-5(4-7-6)12(8,9)10;/h2-4H,1H3,(H,8,9,10);1H. The summed E-state index contributed by atoms with van der Waals surface area (Å²) in [7, 11) is -2.73. The average Bonchev–Trinajstić information content (AvgIpc) is 2.03. The van der Waals surface area contributed by atoms with Crippen LogP contribution in [0.25, 0.3) is 0 Å². The smallest absolute Gasteiger partial charge is 0.296 e. The second-order valence-corrected chi connectivity index (χ2v) is 3.43. The summed E-state index contributed by atoms with van der Waals surface area (Å²) in [6.07, 6.45) is 1.02. The number of nitrogens with zero attached hydrogens (tertiary/aromatic N) is 1. The van der Waals surface area contributed by atoms with Gasteiger partial charge in [0.2, 0.25) is 5.88 Å². The lowest BCUT2D eigenvalue weighted by Crippen LogP contribution is -1.98. The lowest BCUT2D eigenvalue weighted by molar-refractivity contribution is 0.397. The lowest BCUT2D eigenvalue weighted by Gasteiger charge is -1.98. The number of pyridine rings is 1. The highest BCUT2D eigenvalue weighted by molar-refractivity contribution is 7.85. The quantitative estimate of drug-likeness (QED) is 0.752. The number of ether oxygens (including phenoxy) is 1. The third-order valence-electron chi connectivity index (χ3n) is 1.22. The lowest BCUT2D eigenvalue weighted by atomic mass is 10.5. The molecule has 74 valence electrons. The van der Waals surface area contributed by atoms with Crippen LogP contribution in [0.1, 0.15) is 0 Å². The number of aromatic nitrogens is 1. The van der Waals surface area contributed by atoms with Crippen molar-refractivity contribution in [2.75, 3.05) is 7.11 Å². The molecular formula is C6H8ClNO4S. The molecule has 1 aromatic heterocycles. The summed E-state index contributed by atoms with van der Waals surface area (Å²) in [5.74, 6) is 0.294. The van der Waals surface area contributed by atoms with E-state index in [2.05, 4.69) is 4.98 Å². The first-order chi connectivity index (χ1) is 5.54. The van der Waals surface area contributed by atoms with Crippen LogP contribution in [-0.4, -0.2) is 25.1 Å². The Hall–Kier alpha value is -0.850. The second-order valence-electron chi connectivity index (χ2n) is 2.01. The Morgan fingerprint density at radius 2 is 2.08 bits per heavy atom. The van der Waals surface area contributed by atoms with Gasteiger partial charge in [0, 0.05) is 6.07 Å². The molecule has 0 aliphatic rings. The van der Waals surface area contributed by atoms with Crippen molar-refractivity contribution >= 4 is 22.5 Å². The SMILES string of the molecule is COc1ccc(S(=O)(=O)O)cn1.Cl. The fourth-order valence-corrected chi connectivity index (χ4v) is 1.07. The van der Waals surface area contributed by atoms with E-state index in [-0.39, 0.29) is 17.3 Å². The number of rotatable bonds is 2. The Morgan fingerprint density at radius 1 is 1.46 bits per heavy atom. The third kappa shape index (κ3) is 3.17. The molecule has 0 saturated heterocycles. The van der Waals surface area contributed by atoms with Crippen LogP contribution in [0, 0.1) is 0 Å². The highest BCUT2D eigenvalue weighted by atomic mass is 35.5. The summed E-state index contributed by atoms with van der Waals surface area (Å²) in [5.41, 5.74) is 0. The van der Waals surface area contributed by atoms with Crippen LogP contribution in [0.4, 0.5) is 0 Å². The molecule has 0 saturated carbocycles. The van der Waals surface area contributed by atoms with Gasteiger partial charge in [-0.1, -0.05) is 0 Å². The Bertz CT molecular complexity index is 361. The van der Waals surface area contributed by atoms with Gasteiger partial charge in [-0.25, -0.2) is 4.98 Å². The molecule has 0 bridgehead atoms. The highest BCUT2D eigenvalue weighted by Gasteiger charge is 2.08. The molecule has 7 heteroatoms. The molecule has 0 aromatic carbocycles. The Balaban J connectivity index is 0.00000144. The van der Waals surface area contributed by atoms with E-state index in [4.69, 9.17) is 9.29 Å². The molecule has 1 N–H and O–H groups in total. The van der Waals surface area contributed by atoms with Crippen molar-refractivity contribution in [3.05, 3.63) is 18.3 Å². The zero-order chi connectivity index (χ0) is 9.19. The number of hydrogen-bond donors (Lipinski definition) is 1. The number of halogens is 1. The molecule has 0 spiro atoms. The predicted octanol–water partition coefficient (Wildman–Crippen LogP) is 0.759. The van der Waals surface area contributed by atoms with Gasteiger partial charge < -0.3 is 4.74 Å². The molecule has 5 nitrogen and oxygen atoms in total. The topological polar surface area (TPSA) is 76.5 Å². The summed E-state index contributed by atoms with van der Waals surface area (Å²) in [6, 6.07) is 2.56. The molecule has 0 aliphatic heterocycles.